The quantitative estimate of drug-likeness (QED) is 0.542. The van der Waals surface area contributed by atoms with E-state index in [1.165, 1.54) is 0 Å². The second-order valence-corrected chi connectivity index (χ2v) is 5.12. The van der Waals surface area contributed by atoms with Crippen LogP contribution in [0.3, 0.4) is 0 Å². The lowest BCUT2D eigenvalue weighted by Gasteiger charge is -2.10. The zero-order valence-electron chi connectivity index (χ0n) is 8.48. The molecule has 0 saturated heterocycles. The fraction of sp³-hybridized carbons (Fsp3) is 0. The van der Waals surface area contributed by atoms with Gasteiger partial charge in [0.25, 0.3) is 0 Å². The molecule has 2 N–H and O–H groups in total. The molecule has 88 valence electrons. The molecule has 2 aromatic rings. The van der Waals surface area contributed by atoms with E-state index in [0.29, 0.717) is 31.3 Å². The van der Waals surface area contributed by atoms with Gasteiger partial charge in [-0.3, -0.25) is 0 Å². The van der Waals surface area contributed by atoms with Gasteiger partial charge in [0.15, 0.2) is 0 Å². The number of hydrogen-bond donors (Lipinski definition) is 1. The molecule has 0 fully saturated rings. The molecule has 0 heterocycles. The Balaban J connectivity index is 2.72. The Morgan fingerprint density at radius 3 is 2.12 bits per heavy atom. The summed E-state index contributed by atoms with van der Waals surface area (Å²) < 4.78 is 0. The highest BCUT2D eigenvalue weighted by Gasteiger charge is 2.12. The van der Waals surface area contributed by atoms with E-state index in [0.717, 1.165) is 5.56 Å². The van der Waals surface area contributed by atoms with E-state index in [1.54, 1.807) is 30.3 Å². The Labute approximate surface area is 119 Å². The van der Waals surface area contributed by atoms with Crippen LogP contribution in [0, 0.1) is 0 Å². The van der Waals surface area contributed by atoms with Gasteiger partial charge in [-0.25, -0.2) is 0 Å². The minimum Gasteiger partial charge on any atom is -0.399 e. The van der Waals surface area contributed by atoms with Gasteiger partial charge in [-0.15, -0.1) is 0 Å². The van der Waals surface area contributed by atoms with Gasteiger partial charge in [-0.1, -0.05) is 46.4 Å². The highest BCUT2D eigenvalue weighted by molar-refractivity contribution is 6.46. The number of rotatable bonds is 1. The van der Waals surface area contributed by atoms with E-state index in [1.807, 2.05) is 0 Å². The average Bonchev–Trinajstić information content (AvgIpc) is 2.23. The normalized spacial score (nSPS) is 10.6. The van der Waals surface area contributed by atoms with Crippen LogP contribution in [0.15, 0.2) is 30.3 Å². The van der Waals surface area contributed by atoms with Crippen LogP contribution in [-0.2, 0) is 0 Å². The van der Waals surface area contributed by atoms with Gasteiger partial charge < -0.3 is 5.73 Å². The van der Waals surface area contributed by atoms with Crippen molar-refractivity contribution in [3.63, 3.8) is 0 Å². The van der Waals surface area contributed by atoms with E-state index >= 15 is 0 Å². The maximum atomic E-state index is 6.14. The van der Waals surface area contributed by atoms with Gasteiger partial charge in [0, 0.05) is 21.3 Å². The molecule has 1 nitrogen and oxygen atoms in total. The highest BCUT2D eigenvalue weighted by Crippen LogP contribution is 2.40. The Bertz CT molecular complexity index is 561. The zero-order chi connectivity index (χ0) is 12.6. The van der Waals surface area contributed by atoms with Crippen molar-refractivity contribution in [3.05, 3.63) is 50.4 Å². The van der Waals surface area contributed by atoms with E-state index in [-0.39, 0.29) is 0 Å². The third-order valence-corrected chi connectivity index (χ3v) is 3.59. The van der Waals surface area contributed by atoms with Crippen molar-refractivity contribution in [3.8, 4) is 11.1 Å². The van der Waals surface area contributed by atoms with Crippen LogP contribution < -0.4 is 5.73 Å². The molecule has 2 rings (SSSR count). The maximum absolute atomic E-state index is 6.14. The van der Waals surface area contributed by atoms with Gasteiger partial charge in [0.05, 0.1) is 10.0 Å². The van der Waals surface area contributed by atoms with Crippen molar-refractivity contribution in [2.75, 3.05) is 5.73 Å². The molecular formula is C12H7Cl4N. The van der Waals surface area contributed by atoms with Crippen LogP contribution in [0.5, 0.6) is 0 Å². The minimum absolute atomic E-state index is 0.390. The van der Waals surface area contributed by atoms with Crippen molar-refractivity contribution < 1.29 is 0 Å². The standard InChI is InChI=1S/C12H7Cl4N/c13-7-3-6(4-8(17)5-7)11-9(14)1-2-10(15)12(11)16/h1-5H,17H2. The van der Waals surface area contributed by atoms with E-state index in [4.69, 9.17) is 52.1 Å². The average molecular weight is 307 g/mol. The summed E-state index contributed by atoms with van der Waals surface area (Å²) in [6, 6.07) is 8.46. The third-order valence-electron chi connectivity index (χ3n) is 2.25. The summed E-state index contributed by atoms with van der Waals surface area (Å²) in [6.07, 6.45) is 0. The second kappa shape index (κ2) is 4.95. The lowest BCUT2D eigenvalue weighted by molar-refractivity contribution is 1.61. The predicted octanol–water partition coefficient (Wildman–Crippen LogP) is 5.55. The molecular weight excluding hydrogens is 300 g/mol. The van der Waals surface area contributed by atoms with Crippen molar-refractivity contribution in [1.82, 2.24) is 0 Å². The molecule has 5 heteroatoms. The Kier molecular flexibility index (Phi) is 3.74. The molecule has 0 amide bonds. The lowest BCUT2D eigenvalue weighted by atomic mass is 10.0. The van der Waals surface area contributed by atoms with Crippen LogP contribution in [-0.4, -0.2) is 0 Å². The molecule has 0 spiro atoms. The summed E-state index contributed by atoms with van der Waals surface area (Å²) in [7, 11) is 0. The molecule has 17 heavy (non-hydrogen) atoms. The summed E-state index contributed by atoms with van der Waals surface area (Å²) in [5.41, 5.74) is 7.65. The molecule has 0 unspecified atom stereocenters. The molecule has 0 aliphatic heterocycles. The van der Waals surface area contributed by atoms with E-state index in [2.05, 4.69) is 0 Å². The first-order valence-corrected chi connectivity index (χ1v) is 6.20. The molecule has 2 aromatic carbocycles. The topological polar surface area (TPSA) is 26.0 Å². The number of halogens is 4. The number of hydrogen-bond acceptors (Lipinski definition) is 1. The van der Waals surface area contributed by atoms with E-state index in [9.17, 15) is 0 Å². The van der Waals surface area contributed by atoms with E-state index < -0.39 is 0 Å². The molecule has 0 aromatic heterocycles. The Morgan fingerprint density at radius 1 is 0.824 bits per heavy atom. The van der Waals surface area contributed by atoms with Gasteiger partial charge in [-0.2, -0.15) is 0 Å². The summed E-state index contributed by atoms with van der Waals surface area (Å²) >= 11 is 24.2. The largest absolute Gasteiger partial charge is 0.399 e. The first kappa shape index (κ1) is 12.8. The minimum atomic E-state index is 0.390. The Morgan fingerprint density at radius 2 is 1.47 bits per heavy atom. The van der Waals surface area contributed by atoms with Gasteiger partial charge in [0.2, 0.25) is 0 Å². The number of nitrogen functional groups attached to an aromatic ring is 1. The number of anilines is 1. The highest BCUT2D eigenvalue weighted by atomic mass is 35.5. The smallest absolute Gasteiger partial charge is 0.0685 e. The van der Waals surface area contributed by atoms with Gasteiger partial charge in [-0.05, 0) is 35.9 Å². The lowest BCUT2D eigenvalue weighted by Crippen LogP contribution is -1.88. The molecule has 0 aliphatic carbocycles. The summed E-state index contributed by atoms with van der Waals surface area (Å²) in [6.45, 7) is 0. The monoisotopic (exact) mass is 305 g/mol. The van der Waals surface area contributed by atoms with Crippen molar-refractivity contribution in [2.45, 2.75) is 0 Å². The first-order valence-electron chi connectivity index (χ1n) is 4.69. The summed E-state index contributed by atoms with van der Waals surface area (Å²) in [4.78, 5) is 0. The maximum Gasteiger partial charge on any atom is 0.0685 e. The van der Waals surface area contributed by atoms with Crippen LogP contribution in [0.25, 0.3) is 11.1 Å². The van der Waals surface area contributed by atoms with Crippen molar-refractivity contribution in [1.29, 1.82) is 0 Å². The van der Waals surface area contributed by atoms with Crippen LogP contribution in [0.2, 0.25) is 20.1 Å². The molecule has 0 saturated carbocycles. The SMILES string of the molecule is Nc1cc(Cl)cc(-c2c(Cl)ccc(Cl)c2Cl)c1. The third kappa shape index (κ3) is 2.63. The fourth-order valence-corrected chi connectivity index (χ4v) is 2.54. The fourth-order valence-electron chi connectivity index (χ4n) is 1.55. The first-order chi connectivity index (χ1) is 7.99. The molecule has 0 radical (unpaired) electrons. The van der Waals surface area contributed by atoms with Gasteiger partial charge >= 0.3 is 0 Å². The van der Waals surface area contributed by atoms with Crippen molar-refractivity contribution >= 4 is 52.1 Å². The van der Waals surface area contributed by atoms with Crippen molar-refractivity contribution in [2.24, 2.45) is 0 Å². The van der Waals surface area contributed by atoms with Crippen LogP contribution in [0.1, 0.15) is 0 Å². The zero-order valence-corrected chi connectivity index (χ0v) is 11.5. The predicted molar refractivity (Wildman–Crippen MR) is 76.3 cm³/mol. The number of benzene rings is 2. The second-order valence-electron chi connectivity index (χ2n) is 3.49. The summed E-state index contributed by atoms with van der Waals surface area (Å²) in [5, 5.41) is 1.85. The molecule has 0 bridgehead atoms. The van der Waals surface area contributed by atoms with Crippen LogP contribution in [0.4, 0.5) is 5.69 Å². The molecule has 0 aliphatic rings. The molecule has 0 atom stereocenters. The van der Waals surface area contributed by atoms with Crippen LogP contribution >= 0.6 is 46.4 Å². The summed E-state index contributed by atoms with van der Waals surface area (Å²) in [5.74, 6) is 0. The number of nitrogens with two attached hydrogens (primary N) is 1. The Hall–Kier alpha value is -0.600. The van der Waals surface area contributed by atoms with Gasteiger partial charge in [0.1, 0.15) is 0 Å².